The Morgan fingerprint density at radius 3 is 2.63 bits per heavy atom. The number of rotatable bonds is 7. The first-order chi connectivity index (χ1) is 17.0. The maximum atomic E-state index is 13.3. The Morgan fingerprint density at radius 2 is 1.91 bits per heavy atom. The van der Waals surface area contributed by atoms with Gasteiger partial charge in [0.25, 0.3) is 5.56 Å². The lowest BCUT2D eigenvalue weighted by Crippen LogP contribution is -2.66. The molecule has 0 saturated carbocycles. The van der Waals surface area contributed by atoms with E-state index in [9.17, 15) is 9.90 Å². The molecule has 0 radical (unpaired) electrons. The summed E-state index contributed by atoms with van der Waals surface area (Å²) in [5, 5.41) is 9.54. The fourth-order valence-corrected chi connectivity index (χ4v) is 5.75. The summed E-state index contributed by atoms with van der Waals surface area (Å²) in [6.45, 7) is 5.32. The highest BCUT2D eigenvalue weighted by Crippen LogP contribution is 2.37. The van der Waals surface area contributed by atoms with Crippen molar-refractivity contribution < 1.29 is 19.3 Å². The molecule has 0 aliphatic carbocycles. The Balaban J connectivity index is 1.20. The van der Waals surface area contributed by atoms with Crippen molar-refractivity contribution in [3.63, 3.8) is 0 Å². The van der Waals surface area contributed by atoms with E-state index in [-0.39, 0.29) is 11.3 Å². The average Bonchev–Trinajstić information content (AvgIpc) is 3.25. The van der Waals surface area contributed by atoms with Gasteiger partial charge in [0.05, 0.1) is 31.5 Å². The summed E-state index contributed by atoms with van der Waals surface area (Å²) in [6.07, 6.45) is 1.54. The van der Waals surface area contributed by atoms with Gasteiger partial charge in [0.15, 0.2) is 11.5 Å². The molecule has 1 N–H and O–H groups in total. The summed E-state index contributed by atoms with van der Waals surface area (Å²) < 4.78 is 19.0. The number of aromatic hydroxyl groups is 1. The number of benzene rings is 2. The van der Waals surface area contributed by atoms with Crippen LogP contribution in [0.5, 0.6) is 17.2 Å². The Bertz CT molecular complexity index is 1430. The van der Waals surface area contributed by atoms with Gasteiger partial charge in [0.1, 0.15) is 23.4 Å². The molecule has 2 aliphatic heterocycles. The number of hydrogen-bond acceptors (Lipinski definition) is 8. The minimum atomic E-state index is -0.146. The number of ether oxygens (including phenoxy) is 3. The molecule has 2 aromatic heterocycles. The zero-order valence-corrected chi connectivity index (χ0v) is 20.1. The molecule has 8 nitrogen and oxygen atoms in total. The van der Waals surface area contributed by atoms with E-state index in [2.05, 4.69) is 9.88 Å². The van der Waals surface area contributed by atoms with Crippen LogP contribution < -0.4 is 15.0 Å². The third-order valence-electron chi connectivity index (χ3n) is 6.61. The van der Waals surface area contributed by atoms with E-state index < -0.39 is 0 Å². The molecule has 35 heavy (non-hydrogen) atoms. The summed E-state index contributed by atoms with van der Waals surface area (Å²) >= 11 is 1.39. The molecule has 1 spiro atoms. The second kappa shape index (κ2) is 8.67. The van der Waals surface area contributed by atoms with Crippen LogP contribution in [-0.4, -0.2) is 66.1 Å². The molecule has 0 bridgehead atoms. The number of nitrogens with zero attached hydrogens (tertiary/aromatic N) is 3. The largest absolute Gasteiger partial charge is 0.508 e. The number of thiophene rings is 1. The number of likely N-dealkylation sites (tertiary alicyclic amines) is 1. The van der Waals surface area contributed by atoms with Gasteiger partial charge in [0.2, 0.25) is 0 Å². The van der Waals surface area contributed by atoms with Gasteiger partial charge in [0, 0.05) is 36.0 Å². The minimum Gasteiger partial charge on any atom is -0.508 e. The van der Waals surface area contributed by atoms with Crippen LogP contribution in [-0.2, 0) is 4.74 Å². The second-order valence-corrected chi connectivity index (χ2v) is 10.2. The first-order valence-corrected chi connectivity index (χ1v) is 12.3. The van der Waals surface area contributed by atoms with E-state index in [1.807, 2.05) is 30.3 Å². The molecule has 0 unspecified atom stereocenters. The second-order valence-electron chi connectivity index (χ2n) is 9.18. The fourth-order valence-electron chi connectivity index (χ4n) is 4.71. The number of fused-ring (bicyclic) bond motifs is 1. The van der Waals surface area contributed by atoms with E-state index >= 15 is 0 Å². The predicted octanol–water partition coefficient (Wildman–Crippen LogP) is 3.54. The smallest absolute Gasteiger partial charge is 0.275 e. The van der Waals surface area contributed by atoms with E-state index in [0.717, 1.165) is 43.3 Å². The van der Waals surface area contributed by atoms with Gasteiger partial charge >= 0.3 is 0 Å². The lowest BCUT2D eigenvalue weighted by atomic mass is 9.78. The van der Waals surface area contributed by atoms with Crippen LogP contribution in [0.2, 0.25) is 0 Å². The number of phenolic OH excluding ortho intramolecular Hbond substituents is 1. The molecular formula is C26H25N3O5S. The van der Waals surface area contributed by atoms with Crippen LogP contribution in [0.25, 0.3) is 26.3 Å². The van der Waals surface area contributed by atoms with Crippen LogP contribution >= 0.6 is 11.3 Å². The lowest BCUT2D eigenvalue weighted by Gasteiger charge is -2.55. The van der Waals surface area contributed by atoms with E-state index in [4.69, 9.17) is 14.2 Å². The van der Waals surface area contributed by atoms with Crippen molar-refractivity contribution in [3.05, 3.63) is 65.2 Å². The number of phenols is 1. The summed E-state index contributed by atoms with van der Waals surface area (Å²) in [5.41, 5.74) is 2.48. The van der Waals surface area contributed by atoms with Crippen LogP contribution in [0.3, 0.4) is 0 Å². The first-order valence-electron chi connectivity index (χ1n) is 11.5. The molecule has 2 saturated heterocycles. The topological polar surface area (TPSA) is 86.0 Å². The Hall–Kier alpha value is -3.40. The maximum absolute atomic E-state index is 13.3. The lowest BCUT2D eigenvalue weighted by molar-refractivity contribution is -0.189. The quantitative estimate of drug-likeness (QED) is 0.423. The zero-order valence-electron chi connectivity index (χ0n) is 19.3. The van der Waals surface area contributed by atoms with Gasteiger partial charge in [-0.3, -0.25) is 14.3 Å². The van der Waals surface area contributed by atoms with Gasteiger partial charge in [-0.25, -0.2) is 4.98 Å². The highest BCUT2D eigenvalue weighted by Gasteiger charge is 2.48. The summed E-state index contributed by atoms with van der Waals surface area (Å²) in [4.78, 5) is 21.1. The number of methoxy groups -OCH3 is 1. The van der Waals surface area contributed by atoms with Crippen molar-refractivity contribution in [1.29, 1.82) is 0 Å². The van der Waals surface area contributed by atoms with Crippen molar-refractivity contribution in [3.8, 4) is 33.4 Å². The molecule has 4 aromatic rings. The monoisotopic (exact) mass is 491 g/mol. The summed E-state index contributed by atoms with van der Waals surface area (Å²) in [7, 11) is 1.59. The molecule has 0 atom stereocenters. The van der Waals surface area contributed by atoms with Crippen LogP contribution in [0, 0.1) is 5.41 Å². The molecular weight excluding hydrogens is 466 g/mol. The molecule has 2 fully saturated rings. The van der Waals surface area contributed by atoms with Gasteiger partial charge < -0.3 is 19.3 Å². The maximum Gasteiger partial charge on any atom is 0.275 e. The van der Waals surface area contributed by atoms with Crippen molar-refractivity contribution >= 4 is 21.6 Å². The fraction of sp³-hybridized carbons (Fsp3) is 0.308. The molecule has 2 aliphatic rings. The minimum absolute atomic E-state index is 0.146. The predicted molar refractivity (Wildman–Crippen MR) is 134 cm³/mol. The Labute approximate surface area is 205 Å². The van der Waals surface area contributed by atoms with Crippen LogP contribution in [0.1, 0.15) is 0 Å². The number of hydrogen-bond donors (Lipinski definition) is 1. The molecule has 4 heterocycles. The van der Waals surface area contributed by atoms with Crippen molar-refractivity contribution in [2.45, 2.75) is 0 Å². The standard InChI is InChI=1S/C26H25N3O5S/c1-32-22-10-18(4-7-21(22)34-9-8-28-12-26(13-28)14-33-15-26)29-16-27-20-11-23(35-24(20)25(29)31)17-2-5-19(30)6-3-17/h2-7,10-11,16,30H,8-9,12-15H2,1H3. The Kier molecular flexibility index (Phi) is 5.47. The van der Waals surface area contributed by atoms with Gasteiger partial charge in [-0.2, -0.15) is 0 Å². The van der Waals surface area contributed by atoms with Crippen molar-refractivity contribution in [2.75, 3.05) is 46.6 Å². The van der Waals surface area contributed by atoms with Gasteiger partial charge in [-0.05, 0) is 48.0 Å². The molecule has 2 aromatic carbocycles. The Morgan fingerprint density at radius 1 is 1.11 bits per heavy atom. The first kappa shape index (κ1) is 22.1. The molecule has 0 amide bonds. The molecule has 180 valence electrons. The van der Waals surface area contributed by atoms with Crippen molar-refractivity contribution in [2.24, 2.45) is 5.41 Å². The zero-order chi connectivity index (χ0) is 24.0. The number of aromatic nitrogens is 2. The van der Waals surface area contributed by atoms with Crippen LogP contribution in [0.15, 0.2) is 59.7 Å². The highest BCUT2D eigenvalue weighted by atomic mass is 32.1. The van der Waals surface area contributed by atoms with Crippen molar-refractivity contribution in [1.82, 2.24) is 14.5 Å². The highest BCUT2D eigenvalue weighted by molar-refractivity contribution is 7.22. The third kappa shape index (κ3) is 4.05. The van der Waals surface area contributed by atoms with E-state index in [0.29, 0.717) is 39.4 Å². The van der Waals surface area contributed by atoms with Crippen LogP contribution in [0.4, 0.5) is 0 Å². The average molecular weight is 492 g/mol. The SMILES string of the molecule is COc1cc(-n2cnc3cc(-c4ccc(O)cc4)sc3c2=O)ccc1OCCN1CC2(COC2)C1. The summed E-state index contributed by atoms with van der Waals surface area (Å²) in [5.74, 6) is 1.42. The normalized spacial score (nSPS) is 16.7. The van der Waals surface area contributed by atoms with E-state index in [1.54, 1.807) is 25.3 Å². The third-order valence-corrected chi connectivity index (χ3v) is 7.78. The van der Waals surface area contributed by atoms with E-state index in [1.165, 1.54) is 22.2 Å². The molecule has 9 heteroatoms. The van der Waals surface area contributed by atoms with Gasteiger partial charge in [-0.15, -0.1) is 11.3 Å². The van der Waals surface area contributed by atoms with Gasteiger partial charge in [-0.1, -0.05) is 0 Å². The molecule has 6 rings (SSSR count). The summed E-state index contributed by atoms with van der Waals surface area (Å²) in [6, 6.07) is 14.3.